The van der Waals surface area contributed by atoms with Crippen LogP contribution in [0.3, 0.4) is 0 Å². The van der Waals surface area contributed by atoms with Crippen LogP contribution in [0.2, 0.25) is 0 Å². The third-order valence-electron chi connectivity index (χ3n) is 5.71. The van der Waals surface area contributed by atoms with Crippen molar-refractivity contribution in [2.24, 2.45) is 0 Å². The molecule has 1 amide bonds. The number of fused-ring (bicyclic) bond motifs is 1. The van der Waals surface area contributed by atoms with Gasteiger partial charge in [-0.2, -0.15) is 0 Å². The molecule has 1 atom stereocenters. The molecule has 7 nitrogen and oxygen atoms in total. The van der Waals surface area contributed by atoms with E-state index in [0.717, 1.165) is 34.4 Å². The SMILES string of the molecule is COc1ccc2nc(N(CC3CCCO3)C(=O)CCCS(=O)(=O)c3ccc(C)cc3)sc2c1. The number of rotatable bonds is 9. The molecule has 2 aromatic carbocycles. The number of ether oxygens (including phenoxy) is 2. The quantitative estimate of drug-likeness (QED) is 0.444. The number of thiazole rings is 1. The van der Waals surface area contributed by atoms with E-state index in [4.69, 9.17) is 9.47 Å². The summed E-state index contributed by atoms with van der Waals surface area (Å²) in [6.45, 7) is 3.02. The van der Waals surface area contributed by atoms with Crippen molar-refractivity contribution in [3.05, 3.63) is 48.0 Å². The van der Waals surface area contributed by atoms with E-state index in [9.17, 15) is 13.2 Å². The second-order valence-corrected chi connectivity index (χ2v) is 11.3. The Labute approximate surface area is 198 Å². The summed E-state index contributed by atoms with van der Waals surface area (Å²) in [6.07, 6.45) is 2.20. The highest BCUT2D eigenvalue weighted by Crippen LogP contribution is 2.32. The van der Waals surface area contributed by atoms with Crippen LogP contribution in [0.25, 0.3) is 10.2 Å². The summed E-state index contributed by atoms with van der Waals surface area (Å²) in [4.78, 5) is 19.8. The number of carbonyl (C=O) groups is 1. The van der Waals surface area contributed by atoms with Gasteiger partial charge in [-0.1, -0.05) is 29.0 Å². The molecule has 0 N–H and O–H groups in total. The fraction of sp³-hybridized carbons (Fsp3) is 0.417. The van der Waals surface area contributed by atoms with Crippen LogP contribution in [-0.2, 0) is 19.4 Å². The number of methoxy groups -OCH3 is 1. The van der Waals surface area contributed by atoms with Crippen molar-refractivity contribution in [2.75, 3.05) is 30.9 Å². The van der Waals surface area contributed by atoms with Gasteiger partial charge in [-0.15, -0.1) is 0 Å². The summed E-state index contributed by atoms with van der Waals surface area (Å²) in [5.41, 5.74) is 1.80. The van der Waals surface area contributed by atoms with Gasteiger partial charge in [-0.25, -0.2) is 13.4 Å². The molecule has 0 aliphatic carbocycles. The predicted octanol–water partition coefficient (Wildman–Crippen LogP) is 4.38. The Morgan fingerprint density at radius 1 is 1.24 bits per heavy atom. The Hall–Kier alpha value is -2.49. The molecular formula is C24H28N2O5S2. The number of anilines is 1. The van der Waals surface area contributed by atoms with Gasteiger partial charge in [0.15, 0.2) is 15.0 Å². The van der Waals surface area contributed by atoms with Crippen LogP contribution in [0.1, 0.15) is 31.2 Å². The lowest BCUT2D eigenvalue weighted by Gasteiger charge is -2.23. The highest BCUT2D eigenvalue weighted by Gasteiger charge is 2.26. The minimum atomic E-state index is -3.44. The van der Waals surface area contributed by atoms with E-state index in [1.165, 1.54) is 11.3 Å². The lowest BCUT2D eigenvalue weighted by Crippen LogP contribution is -2.37. The number of aromatic nitrogens is 1. The number of carbonyl (C=O) groups excluding carboxylic acids is 1. The van der Waals surface area contributed by atoms with E-state index in [1.54, 1.807) is 36.3 Å². The van der Waals surface area contributed by atoms with Gasteiger partial charge >= 0.3 is 0 Å². The maximum atomic E-state index is 13.2. The fourth-order valence-electron chi connectivity index (χ4n) is 3.83. The molecular weight excluding hydrogens is 460 g/mol. The standard InChI is InChI=1S/C24H28N2O5S2/c1-17-7-10-20(11-8-17)33(28,29)14-4-6-23(27)26(16-19-5-3-13-31-19)24-25-21-12-9-18(30-2)15-22(21)32-24/h7-12,15,19H,3-6,13-14,16H2,1-2H3. The molecule has 0 radical (unpaired) electrons. The molecule has 176 valence electrons. The zero-order chi connectivity index (χ0) is 23.4. The smallest absolute Gasteiger partial charge is 0.228 e. The highest BCUT2D eigenvalue weighted by molar-refractivity contribution is 7.91. The number of benzene rings is 2. The Morgan fingerprint density at radius 2 is 2.03 bits per heavy atom. The molecule has 1 fully saturated rings. The van der Waals surface area contributed by atoms with Gasteiger partial charge in [0, 0.05) is 13.0 Å². The van der Waals surface area contributed by atoms with Crippen LogP contribution in [0, 0.1) is 6.92 Å². The van der Waals surface area contributed by atoms with Crippen LogP contribution >= 0.6 is 11.3 Å². The molecule has 0 saturated carbocycles. The monoisotopic (exact) mass is 488 g/mol. The molecule has 1 aliphatic rings. The second-order valence-electron chi connectivity index (χ2n) is 8.20. The number of amides is 1. The Bertz CT molecular complexity index is 1220. The molecule has 3 aromatic rings. The first-order chi connectivity index (χ1) is 15.9. The summed E-state index contributed by atoms with van der Waals surface area (Å²) in [7, 11) is -1.82. The highest BCUT2D eigenvalue weighted by atomic mass is 32.2. The summed E-state index contributed by atoms with van der Waals surface area (Å²) in [5.74, 6) is 0.513. The van der Waals surface area contributed by atoms with Gasteiger partial charge in [-0.3, -0.25) is 9.69 Å². The maximum Gasteiger partial charge on any atom is 0.228 e. The van der Waals surface area contributed by atoms with Crippen molar-refractivity contribution in [3.63, 3.8) is 0 Å². The normalized spacial score (nSPS) is 16.2. The van der Waals surface area contributed by atoms with Crippen molar-refractivity contribution < 1.29 is 22.7 Å². The van der Waals surface area contributed by atoms with Gasteiger partial charge in [0.1, 0.15) is 5.75 Å². The minimum Gasteiger partial charge on any atom is -0.497 e. The molecule has 9 heteroatoms. The van der Waals surface area contributed by atoms with Crippen LogP contribution in [0.5, 0.6) is 5.75 Å². The Kier molecular flexibility index (Phi) is 7.31. The Morgan fingerprint density at radius 3 is 2.73 bits per heavy atom. The molecule has 0 spiro atoms. The first kappa shape index (κ1) is 23.7. The van der Waals surface area contributed by atoms with Crippen molar-refractivity contribution in [3.8, 4) is 5.75 Å². The first-order valence-electron chi connectivity index (χ1n) is 11.0. The van der Waals surface area contributed by atoms with E-state index < -0.39 is 9.84 Å². The van der Waals surface area contributed by atoms with Gasteiger partial charge in [0.05, 0.1) is 40.6 Å². The van der Waals surface area contributed by atoms with Crippen molar-refractivity contribution in [2.45, 2.75) is 43.6 Å². The van der Waals surface area contributed by atoms with Gasteiger partial charge < -0.3 is 9.47 Å². The van der Waals surface area contributed by atoms with Crippen LogP contribution < -0.4 is 9.64 Å². The molecule has 33 heavy (non-hydrogen) atoms. The zero-order valence-electron chi connectivity index (χ0n) is 18.8. The van der Waals surface area contributed by atoms with E-state index in [2.05, 4.69) is 4.98 Å². The number of hydrogen-bond acceptors (Lipinski definition) is 7. The van der Waals surface area contributed by atoms with Crippen LogP contribution in [0.15, 0.2) is 47.4 Å². The summed E-state index contributed by atoms with van der Waals surface area (Å²) in [5, 5.41) is 0.597. The van der Waals surface area contributed by atoms with Crippen molar-refractivity contribution in [1.29, 1.82) is 0 Å². The molecule has 2 heterocycles. The number of nitrogens with zero attached hydrogens (tertiary/aromatic N) is 2. The van der Waals surface area contributed by atoms with E-state index >= 15 is 0 Å². The van der Waals surface area contributed by atoms with Gasteiger partial charge in [0.2, 0.25) is 5.91 Å². The van der Waals surface area contributed by atoms with Crippen LogP contribution in [-0.4, -0.2) is 51.4 Å². The second kappa shape index (κ2) is 10.2. The van der Waals surface area contributed by atoms with E-state index in [0.29, 0.717) is 18.3 Å². The van der Waals surface area contributed by atoms with E-state index in [-0.39, 0.29) is 35.5 Å². The molecule has 1 aliphatic heterocycles. The van der Waals surface area contributed by atoms with Crippen molar-refractivity contribution in [1.82, 2.24) is 4.98 Å². The lowest BCUT2D eigenvalue weighted by molar-refractivity contribution is -0.119. The number of aryl methyl sites for hydroxylation is 1. The molecule has 0 bridgehead atoms. The number of hydrogen-bond donors (Lipinski definition) is 0. The Balaban J connectivity index is 1.48. The fourth-order valence-corrected chi connectivity index (χ4v) is 6.16. The largest absolute Gasteiger partial charge is 0.497 e. The average molecular weight is 489 g/mol. The zero-order valence-corrected chi connectivity index (χ0v) is 20.5. The average Bonchev–Trinajstić information content (AvgIpc) is 3.46. The van der Waals surface area contributed by atoms with Crippen molar-refractivity contribution >= 4 is 42.4 Å². The summed E-state index contributed by atoms with van der Waals surface area (Å²) in [6, 6.07) is 12.4. The summed E-state index contributed by atoms with van der Waals surface area (Å²) >= 11 is 1.42. The molecule has 1 unspecified atom stereocenters. The molecule has 1 saturated heterocycles. The first-order valence-corrected chi connectivity index (χ1v) is 13.5. The number of sulfone groups is 1. The lowest BCUT2D eigenvalue weighted by atomic mass is 10.2. The topological polar surface area (TPSA) is 85.8 Å². The third-order valence-corrected chi connectivity index (χ3v) is 8.57. The van der Waals surface area contributed by atoms with Crippen LogP contribution in [0.4, 0.5) is 5.13 Å². The minimum absolute atomic E-state index is 0.0354. The van der Waals surface area contributed by atoms with Gasteiger partial charge in [0.25, 0.3) is 0 Å². The summed E-state index contributed by atoms with van der Waals surface area (Å²) < 4.78 is 37.3. The van der Waals surface area contributed by atoms with Gasteiger partial charge in [-0.05, 0) is 56.5 Å². The third kappa shape index (κ3) is 5.72. The predicted molar refractivity (Wildman–Crippen MR) is 130 cm³/mol. The molecule has 4 rings (SSSR count). The van der Waals surface area contributed by atoms with E-state index in [1.807, 2.05) is 25.1 Å². The molecule has 1 aromatic heterocycles. The maximum absolute atomic E-state index is 13.2.